The van der Waals surface area contributed by atoms with E-state index in [2.05, 4.69) is 5.32 Å². The molecule has 1 fully saturated rings. The molecule has 2 N–H and O–H groups in total. The van der Waals surface area contributed by atoms with E-state index >= 15 is 0 Å². The number of aryl methyl sites for hydroxylation is 1. The molecule has 7 nitrogen and oxygen atoms in total. The largest absolute Gasteiger partial charge is 0.466 e. The minimum Gasteiger partial charge on any atom is -0.466 e. The van der Waals surface area contributed by atoms with E-state index < -0.39 is 5.97 Å². The zero-order valence-electron chi connectivity index (χ0n) is 15.8. The number of rotatable bonds is 6. The zero-order chi connectivity index (χ0) is 19.3. The van der Waals surface area contributed by atoms with Gasteiger partial charge in [0, 0.05) is 4.88 Å². The molecule has 1 aromatic heterocycles. The Hall–Kier alpha value is -1.93. The number of amides is 1. The Bertz CT molecular complexity index is 685. The van der Waals surface area contributed by atoms with Crippen molar-refractivity contribution < 1.29 is 28.8 Å². The first-order valence-electron chi connectivity index (χ1n) is 8.85. The lowest BCUT2D eigenvalue weighted by Gasteiger charge is -2.28. The zero-order valence-corrected chi connectivity index (χ0v) is 16.6. The number of hydrogen-bond acceptors (Lipinski definition) is 6. The van der Waals surface area contributed by atoms with Gasteiger partial charge in [-0.2, -0.15) is 0 Å². The number of methoxy groups -OCH3 is 1. The van der Waals surface area contributed by atoms with E-state index in [1.807, 2.05) is 13.8 Å². The van der Waals surface area contributed by atoms with E-state index in [4.69, 9.17) is 9.47 Å². The number of nitrogens with one attached hydrogen (secondary N) is 2. The Morgan fingerprint density at radius 2 is 2.04 bits per heavy atom. The summed E-state index contributed by atoms with van der Waals surface area (Å²) in [5.74, 6) is -0.947. The van der Waals surface area contributed by atoms with Crippen molar-refractivity contribution in [2.45, 2.75) is 33.6 Å². The third kappa shape index (κ3) is 4.82. The molecule has 1 amide bonds. The second-order valence-electron chi connectivity index (χ2n) is 6.50. The number of anilines is 1. The van der Waals surface area contributed by atoms with Gasteiger partial charge in [-0.05, 0) is 39.2 Å². The molecule has 0 aliphatic carbocycles. The SMILES string of the molecule is CCOC(=O)[C@@H]1CCC[NH+](CC(=O)Nc2sc(C)c(C)c2C(=O)OC)C1. The molecule has 1 aliphatic rings. The fraction of sp³-hybridized carbons (Fsp3) is 0.611. The van der Waals surface area contributed by atoms with Crippen molar-refractivity contribution in [3.8, 4) is 0 Å². The Morgan fingerprint density at radius 3 is 2.69 bits per heavy atom. The molecular formula is C18H27N2O5S+. The average Bonchev–Trinajstić information content (AvgIpc) is 2.88. The molecule has 1 unspecified atom stereocenters. The first-order chi connectivity index (χ1) is 12.4. The van der Waals surface area contributed by atoms with Crippen LogP contribution in [-0.4, -0.2) is 51.2 Å². The summed E-state index contributed by atoms with van der Waals surface area (Å²) in [5.41, 5.74) is 1.24. The van der Waals surface area contributed by atoms with Crippen LogP contribution in [0, 0.1) is 19.8 Å². The van der Waals surface area contributed by atoms with Crippen LogP contribution >= 0.6 is 11.3 Å². The van der Waals surface area contributed by atoms with Crippen molar-refractivity contribution in [1.82, 2.24) is 0 Å². The molecule has 0 radical (unpaired) electrons. The number of carbonyl (C=O) groups excluding carboxylic acids is 3. The molecule has 0 aromatic carbocycles. The van der Waals surface area contributed by atoms with Gasteiger partial charge in [0.05, 0.1) is 32.4 Å². The Balaban J connectivity index is 2.00. The van der Waals surface area contributed by atoms with Crippen LogP contribution < -0.4 is 10.2 Å². The highest BCUT2D eigenvalue weighted by atomic mass is 32.1. The molecule has 2 atom stereocenters. The molecule has 0 bridgehead atoms. The second kappa shape index (κ2) is 9.14. The van der Waals surface area contributed by atoms with Gasteiger partial charge in [-0.15, -0.1) is 11.3 Å². The van der Waals surface area contributed by atoms with Crippen LogP contribution in [0.5, 0.6) is 0 Å². The lowest BCUT2D eigenvalue weighted by atomic mass is 9.98. The minimum absolute atomic E-state index is 0.150. The van der Waals surface area contributed by atoms with Gasteiger partial charge < -0.3 is 19.7 Å². The number of hydrogen-bond donors (Lipinski definition) is 2. The quantitative estimate of drug-likeness (QED) is 0.715. The summed E-state index contributed by atoms with van der Waals surface area (Å²) < 4.78 is 9.92. The first-order valence-corrected chi connectivity index (χ1v) is 9.67. The van der Waals surface area contributed by atoms with Gasteiger partial charge in [-0.3, -0.25) is 9.59 Å². The van der Waals surface area contributed by atoms with Crippen LogP contribution in [0.1, 0.15) is 40.6 Å². The van der Waals surface area contributed by atoms with Crippen LogP contribution in [0.15, 0.2) is 0 Å². The normalized spacial score (nSPS) is 19.7. The lowest BCUT2D eigenvalue weighted by Crippen LogP contribution is -3.14. The maximum atomic E-state index is 12.5. The van der Waals surface area contributed by atoms with Gasteiger partial charge in [-0.25, -0.2) is 4.79 Å². The number of thiophene rings is 1. The van der Waals surface area contributed by atoms with Crippen LogP contribution in [-0.2, 0) is 19.1 Å². The molecule has 0 saturated carbocycles. The third-order valence-corrected chi connectivity index (χ3v) is 5.80. The van der Waals surface area contributed by atoms with E-state index in [0.29, 0.717) is 23.7 Å². The van der Waals surface area contributed by atoms with Crippen LogP contribution in [0.2, 0.25) is 0 Å². The van der Waals surface area contributed by atoms with Crippen molar-refractivity contribution in [2.75, 3.05) is 38.7 Å². The van der Waals surface area contributed by atoms with Crippen molar-refractivity contribution in [1.29, 1.82) is 0 Å². The highest BCUT2D eigenvalue weighted by Crippen LogP contribution is 2.32. The number of esters is 2. The minimum atomic E-state index is -0.449. The van der Waals surface area contributed by atoms with Gasteiger partial charge >= 0.3 is 11.9 Å². The summed E-state index contributed by atoms with van der Waals surface area (Å²) in [4.78, 5) is 38.4. The number of quaternary nitrogens is 1. The summed E-state index contributed by atoms with van der Waals surface area (Å²) in [7, 11) is 1.33. The summed E-state index contributed by atoms with van der Waals surface area (Å²) in [6.07, 6.45) is 1.69. The molecule has 1 saturated heterocycles. The van der Waals surface area contributed by atoms with Crippen LogP contribution in [0.4, 0.5) is 5.00 Å². The molecule has 2 rings (SSSR count). The fourth-order valence-corrected chi connectivity index (χ4v) is 4.30. The summed E-state index contributed by atoms with van der Waals surface area (Å²) in [5, 5.41) is 3.37. The van der Waals surface area contributed by atoms with Crippen molar-refractivity contribution in [3.63, 3.8) is 0 Å². The molecular weight excluding hydrogens is 356 g/mol. The maximum Gasteiger partial charge on any atom is 0.341 e. The maximum absolute atomic E-state index is 12.5. The summed E-state index contributed by atoms with van der Waals surface area (Å²) in [6.45, 7) is 7.61. The number of carbonyl (C=O) groups is 3. The first kappa shape index (κ1) is 20.4. The van der Waals surface area contributed by atoms with E-state index in [1.54, 1.807) is 6.92 Å². The topological polar surface area (TPSA) is 86.1 Å². The smallest absolute Gasteiger partial charge is 0.341 e. The molecule has 1 aliphatic heterocycles. The summed E-state index contributed by atoms with van der Waals surface area (Å²) in [6, 6.07) is 0. The van der Waals surface area contributed by atoms with Crippen LogP contribution in [0.25, 0.3) is 0 Å². The van der Waals surface area contributed by atoms with E-state index in [9.17, 15) is 14.4 Å². The molecule has 1 aromatic rings. The monoisotopic (exact) mass is 383 g/mol. The van der Waals surface area contributed by atoms with Crippen molar-refractivity contribution in [3.05, 3.63) is 16.0 Å². The summed E-state index contributed by atoms with van der Waals surface area (Å²) >= 11 is 1.37. The van der Waals surface area contributed by atoms with E-state index in [0.717, 1.165) is 34.7 Å². The van der Waals surface area contributed by atoms with Crippen LogP contribution in [0.3, 0.4) is 0 Å². The van der Waals surface area contributed by atoms with Gasteiger partial charge in [0.2, 0.25) is 0 Å². The average molecular weight is 383 g/mol. The highest BCUT2D eigenvalue weighted by molar-refractivity contribution is 7.16. The molecule has 2 heterocycles. The van der Waals surface area contributed by atoms with Crippen molar-refractivity contribution >= 4 is 34.2 Å². The van der Waals surface area contributed by atoms with E-state index in [1.165, 1.54) is 18.4 Å². The number of piperidine rings is 1. The van der Waals surface area contributed by atoms with Gasteiger partial charge in [0.15, 0.2) is 6.54 Å². The fourth-order valence-electron chi connectivity index (χ4n) is 3.23. The standard InChI is InChI=1S/C18H26N2O5S/c1-5-25-17(22)13-7-6-8-20(9-13)10-14(21)19-16-15(18(23)24-4)11(2)12(3)26-16/h13H,5-10H2,1-4H3,(H,19,21)/p+1/t13-/m1/s1. The number of ether oxygens (including phenoxy) is 2. The molecule has 0 spiro atoms. The Labute approximate surface area is 157 Å². The predicted molar refractivity (Wildman–Crippen MR) is 98.7 cm³/mol. The third-order valence-electron chi connectivity index (χ3n) is 4.68. The molecule has 26 heavy (non-hydrogen) atoms. The highest BCUT2D eigenvalue weighted by Gasteiger charge is 2.31. The Kier molecular flexibility index (Phi) is 7.16. The van der Waals surface area contributed by atoms with Gasteiger partial charge in [0.1, 0.15) is 10.9 Å². The Morgan fingerprint density at radius 1 is 1.31 bits per heavy atom. The lowest BCUT2D eigenvalue weighted by molar-refractivity contribution is -0.899. The molecule has 8 heteroatoms. The molecule has 144 valence electrons. The second-order valence-corrected chi connectivity index (χ2v) is 7.72. The van der Waals surface area contributed by atoms with Gasteiger partial charge in [0.25, 0.3) is 5.91 Å². The van der Waals surface area contributed by atoms with E-state index in [-0.39, 0.29) is 24.3 Å². The van der Waals surface area contributed by atoms with Gasteiger partial charge in [-0.1, -0.05) is 0 Å². The number of likely N-dealkylation sites (tertiary alicyclic amines) is 1. The van der Waals surface area contributed by atoms with Crippen molar-refractivity contribution in [2.24, 2.45) is 5.92 Å². The predicted octanol–water partition coefficient (Wildman–Crippen LogP) is 0.948.